The first kappa shape index (κ1) is 21.1. The summed E-state index contributed by atoms with van der Waals surface area (Å²) in [5.41, 5.74) is 2.99. The largest absolute Gasteiger partial charge is 0.391 e. The predicted octanol–water partition coefficient (Wildman–Crippen LogP) is 3.46. The van der Waals surface area contributed by atoms with Crippen molar-refractivity contribution in [3.05, 3.63) is 47.1 Å². The van der Waals surface area contributed by atoms with Crippen molar-refractivity contribution < 1.29 is 5.11 Å². The minimum absolute atomic E-state index is 0.211. The van der Waals surface area contributed by atoms with E-state index in [9.17, 15) is 5.11 Å². The van der Waals surface area contributed by atoms with Crippen molar-refractivity contribution in [2.75, 3.05) is 30.3 Å². The van der Waals surface area contributed by atoms with Crippen LogP contribution in [0.5, 0.6) is 0 Å². The number of aliphatic hydroxyl groups is 1. The Morgan fingerprint density at radius 3 is 2.94 bits per heavy atom. The van der Waals surface area contributed by atoms with Gasteiger partial charge in [0.2, 0.25) is 0 Å². The molecule has 0 unspecified atom stereocenters. The Bertz CT molecular complexity index is 1180. The molecule has 168 valence electrons. The van der Waals surface area contributed by atoms with Gasteiger partial charge >= 0.3 is 0 Å². The van der Waals surface area contributed by atoms with Crippen molar-refractivity contribution in [2.45, 2.75) is 38.8 Å². The Morgan fingerprint density at radius 1 is 1.25 bits per heavy atom. The third-order valence-corrected chi connectivity index (χ3v) is 7.05. The molecule has 1 aliphatic rings. The van der Waals surface area contributed by atoms with Crippen LogP contribution in [0, 0.1) is 5.92 Å². The maximum absolute atomic E-state index is 10.3. The van der Waals surface area contributed by atoms with Crippen molar-refractivity contribution >= 4 is 38.8 Å². The Hall–Kier alpha value is -2.75. The van der Waals surface area contributed by atoms with Crippen LogP contribution in [0.4, 0.5) is 11.6 Å². The molecule has 0 bridgehead atoms. The standard InChI is InChI=1S/C23H29N7OS/c1-14(2)16-11-27-30-21(26-13-22-28-17-5-3-4-6-19(17)32-22)9-20(29-23(16)30)25-10-15-7-8-24-12-18(15)31/h3-6,9,11,14-15,18,24,26,31H,7-8,10,12-13H2,1-2H3,(H,25,29)/t15-,18+/m1/s1. The number of aromatic nitrogens is 4. The first-order valence-corrected chi connectivity index (χ1v) is 12.0. The first-order valence-electron chi connectivity index (χ1n) is 11.2. The highest BCUT2D eigenvalue weighted by atomic mass is 32.1. The normalized spacial score (nSPS) is 19.1. The summed E-state index contributed by atoms with van der Waals surface area (Å²) in [5, 5.41) is 26.1. The van der Waals surface area contributed by atoms with Gasteiger partial charge in [0.05, 0.1) is 29.1 Å². The number of fused-ring (bicyclic) bond motifs is 2. The van der Waals surface area contributed by atoms with E-state index >= 15 is 0 Å². The number of nitrogens with zero attached hydrogens (tertiary/aromatic N) is 4. The highest BCUT2D eigenvalue weighted by molar-refractivity contribution is 7.18. The molecule has 0 spiro atoms. The topological polar surface area (TPSA) is 99.4 Å². The van der Waals surface area contributed by atoms with E-state index in [0.29, 0.717) is 25.6 Å². The average Bonchev–Trinajstić information content (AvgIpc) is 3.41. The van der Waals surface area contributed by atoms with Crippen LogP contribution in [0.1, 0.15) is 36.8 Å². The molecular weight excluding hydrogens is 422 g/mol. The molecule has 1 saturated heterocycles. The molecule has 32 heavy (non-hydrogen) atoms. The van der Waals surface area contributed by atoms with Gasteiger partial charge < -0.3 is 21.1 Å². The summed E-state index contributed by atoms with van der Waals surface area (Å²) in [5.74, 6) is 2.19. The lowest BCUT2D eigenvalue weighted by Crippen LogP contribution is -2.43. The number of thiazole rings is 1. The molecule has 3 aromatic heterocycles. The van der Waals surface area contributed by atoms with Gasteiger partial charge in [0.1, 0.15) is 16.6 Å². The van der Waals surface area contributed by atoms with E-state index in [1.165, 1.54) is 4.70 Å². The van der Waals surface area contributed by atoms with Gasteiger partial charge in [-0.1, -0.05) is 26.0 Å². The molecular formula is C23H29N7OS. The minimum atomic E-state index is -0.335. The van der Waals surface area contributed by atoms with Crippen molar-refractivity contribution in [2.24, 2.45) is 5.92 Å². The summed E-state index contributed by atoms with van der Waals surface area (Å²) in [6.45, 7) is 7.19. The zero-order valence-corrected chi connectivity index (χ0v) is 19.2. The lowest BCUT2D eigenvalue weighted by molar-refractivity contribution is 0.0883. The minimum Gasteiger partial charge on any atom is -0.391 e. The zero-order chi connectivity index (χ0) is 22.1. The van der Waals surface area contributed by atoms with Gasteiger partial charge in [0.15, 0.2) is 5.65 Å². The number of β-amino-alcohol motifs (C(OH)–C–C–N with tert-alkyl or cyclic N) is 1. The van der Waals surface area contributed by atoms with Gasteiger partial charge in [-0.15, -0.1) is 11.3 Å². The molecule has 4 heterocycles. The van der Waals surface area contributed by atoms with Crippen LogP contribution >= 0.6 is 11.3 Å². The van der Waals surface area contributed by atoms with Gasteiger partial charge in [-0.3, -0.25) is 0 Å². The Kier molecular flexibility index (Phi) is 5.95. The highest BCUT2D eigenvalue weighted by Crippen LogP contribution is 2.26. The number of anilines is 2. The number of benzene rings is 1. The second kappa shape index (κ2) is 9.01. The van der Waals surface area contributed by atoms with Crippen LogP contribution in [-0.4, -0.2) is 50.4 Å². The summed E-state index contributed by atoms with van der Waals surface area (Å²) in [7, 11) is 0. The molecule has 1 aromatic carbocycles. The Labute approximate surface area is 191 Å². The smallest absolute Gasteiger partial charge is 0.163 e. The molecule has 0 aliphatic carbocycles. The predicted molar refractivity (Wildman–Crippen MR) is 129 cm³/mol. The quantitative estimate of drug-likeness (QED) is 0.341. The number of nitrogens with one attached hydrogen (secondary N) is 3. The zero-order valence-electron chi connectivity index (χ0n) is 18.4. The van der Waals surface area contributed by atoms with Crippen molar-refractivity contribution in [1.29, 1.82) is 0 Å². The van der Waals surface area contributed by atoms with Gasteiger partial charge in [-0.2, -0.15) is 9.61 Å². The average molecular weight is 452 g/mol. The molecule has 0 amide bonds. The fourth-order valence-corrected chi connectivity index (χ4v) is 5.04. The van der Waals surface area contributed by atoms with Crippen LogP contribution in [0.3, 0.4) is 0 Å². The number of hydrogen-bond donors (Lipinski definition) is 4. The number of hydrogen-bond acceptors (Lipinski definition) is 8. The van der Waals surface area contributed by atoms with Crippen molar-refractivity contribution in [1.82, 2.24) is 24.9 Å². The van der Waals surface area contributed by atoms with E-state index in [2.05, 4.69) is 41.0 Å². The van der Waals surface area contributed by atoms with Gasteiger partial charge in [-0.05, 0) is 31.0 Å². The van der Waals surface area contributed by atoms with Crippen LogP contribution in [0.15, 0.2) is 36.5 Å². The van der Waals surface area contributed by atoms with E-state index < -0.39 is 0 Å². The third-order valence-electron chi connectivity index (χ3n) is 6.01. The monoisotopic (exact) mass is 451 g/mol. The van der Waals surface area contributed by atoms with Crippen LogP contribution in [0.25, 0.3) is 15.9 Å². The van der Waals surface area contributed by atoms with E-state index in [1.54, 1.807) is 11.3 Å². The van der Waals surface area contributed by atoms with Crippen molar-refractivity contribution in [3.8, 4) is 0 Å². The maximum atomic E-state index is 10.3. The molecule has 9 heteroatoms. The summed E-state index contributed by atoms with van der Waals surface area (Å²) in [6.07, 6.45) is 2.51. The van der Waals surface area contributed by atoms with Gasteiger partial charge in [-0.25, -0.2) is 9.97 Å². The van der Waals surface area contributed by atoms with E-state index in [0.717, 1.165) is 46.3 Å². The summed E-state index contributed by atoms with van der Waals surface area (Å²) in [6, 6.07) is 10.2. The molecule has 2 atom stereocenters. The van der Waals surface area contributed by atoms with Gasteiger partial charge in [0.25, 0.3) is 0 Å². The molecule has 0 saturated carbocycles. The van der Waals surface area contributed by atoms with Crippen LogP contribution in [-0.2, 0) is 6.54 Å². The van der Waals surface area contributed by atoms with Crippen LogP contribution in [0.2, 0.25) is 0 Å². The molecule has 4 N–H and O–H groups in total. The summed E-state index contributed by atoms with van der Waals surface area (Å²) < 4.78 is 3.06. The number of piperidine rings is 1. The number of rotatable bonds is 7. The van der Waals surface area contributed by atoms with Gasteiger partial charge in [0, 0.05) is 30.6 Å². The Balaban J connectivity index is 1.40. The Morgan fingerprint density at radius 2 is 2.12 bits per heavy atom. The fourth-order valence-electron chi connectivity index (χ4n) is 4.14. The second-order valence-electron chi connectivity index (χ2n) is 8.65. The summed E-state index contributed by atoms with van der Waals surface area (Å²) in [4.78, 5) is 9.59. The van der Waals surface area contributed by atoms with Crippen molar-refractivity contribution in [3.63, 3.8) is 0 Å². The summed E-state index contributed by atoms with van der Waals surface area (Å²) >= 11 is 1.70. The molecule has 4 aromatic rings. The third kappa shape index (κ3) is 4.28. The first-order chi connectivity index (χ1) is 15.6. The lowest BCUT2D eigenvalue weighted by Gasteiger charge is -2.28. The van der Waals surface area contributed by atoms with Crippen LogP contribution < -0.4 is 16.0 Å². The molecule has 1 aliphatic heterocycles. The number of aliphatic hydroxyl groups excluding tert-OH is 1. The highest BCUT2D eigenvalue weighted by Gasteiger charge is 2.23. The molecule has 8 nitrogen and oxygen atoms in total. The fraction of sp³-hybridized carbons (Fsp3) is 0.435. The van der Waals surface area contributed by atoms with E-state index in [-0.39, 0.29) is 12.0 Å². The SMILES string of the molecule is CC(C)c1cnn2c(NCc3nc4ccccc4s3)cc(NC[C@H]3CCNC[C@@H]3O)nc12. The lowest BCUT2D eigenvalue weighted by atomic mass is 9.95. The molecule has 1 fully saturated rings. The van der Waals surface area contributed by atoms with E-state index in [1.807, 2.05) is 35.0 Å². The van der Waals surface area contributed by atoms with E-state index in [4.69, 9.17) is 9.97 Å². The number of para-hydroxylation sites is 1. The second-order valence-corrected chi connectivity index (χ2v) is 9.76. The molecule has 5 rings (SSSR count). The maximum Gasteiger partial charge on any atom is 0.163 e. The molecule has 0 radical (unpaired) electrons.